The number of hydrogen-bond acceptors (Lipinski definition) is 2. The molecule has 0 radical (unpaired) electrons. The fourth-order valence-corrected chi connectivity index (χ4v) is 3.80. The molecule has 1 aromatic rings. The summed E-state index contributed by atoms with van der Waals surface area (Å²) in [4.78, 5) is 30.0. The molecule has 0 saturated heterocycles. The van der Waals surface area contributed by atoms with Crippen molar-refractivity contribution in [1.82, 2.24) is 9.88 Å². The molecule has 0 aromatic carbocycles. The summed E-state index contributed by atoms with van der Waals surface area (Å²) in [5.74, 6) is 0.228. The van der Waals surface area contributed by atoms with Crippen LogP contribution in [0.2, 0.25) is 0 Å². The molecule has 0 aliphatic heterocycles. The second-order valence-corrected chi connectivity index (χ2v) is 6.46. The third-order valence-electron chi connectivity index (χ3n) is 5.09. The number of aromatic nitrogens is 1. The maximum atomic E-state index is 12.8. The van der Waals surface area contributed by atoms with Crippen molar-refractivity contribution in [3.8, 4) is 0 Å². The highest BCUT2D eigenvalue weighted by Crippen LogP contribution is 2.28. The number of hydrogen-bond donors (Lipinski definition) is 1. The van der Waals surface area contributed by atoms with Gasteiger partial charge in [-0.1, -0.05) is 19.3 Å². The van der Waals surface area contributed by atoms with Crippen molar-refractivity contribution in [2.24, 2.45) is 0 Å². The maximum absolute atomic E-state index is 12.8. The van der Waals surface area contributed by atoms with Crippen LogP contribution in [0.5, 0.6) is 0 Å². The average molecular weight is 288 g/mol. The number of Topliss-reactive ketones (excluding diaryl/α,β-unsaturated/α-hetero) is 1. The molecule has 3 rings (SSSR count). The average Bonchev–Trinajstić information content (AvgIpc) is 2.85. The number of ketones is 1. The van der Waals surface area contributed by atoms with Crippen LogP contribution in [0.3, 0.4) is 0 Å². The number of rotatable bonds is 2. The normalized spacial score (nSPS) is 19.4. The first-order valence-electron chi connectivity index (χ1n) is 8.11. The molecule has 2 aliphatic rings. The molecule has 0 bridgehead atoms. The number of aromatic amines is 1. The van der Waals surface area contributed by atoms with Gasteiger partial charge in [0.05, 0.1) is 0 Å². The van der Waals surface area contributed by atoms with E-state index < -0.39 is 0 Å². The Balaban J connectivity index is 1.86. The van der Waals surface area contributed by atoms with Crippen LogP contribution < -0.4 is 0 Å². The van der Waals surface area contributed by atoms with E-state index >= 15 is 0 Å². The summed E-state index contributed by atoms with van der Waals surface area (Å²) in [5.41, 5.74) is 3.22. The smallest absolute Gasteiger partial charge is 0.270 e. The molecule has 1 amide bonds. The predicted molar refractivity (Wildman–Crippen MR) is 81.8 cm³/mol. The van der Waals surface area contributed by atoms with Crippen molar-refractivity contribution in [3.63, 3.8) is 0 Å². The van der Waals surface area contributed by atoms with Crippen molar-refractivity contribution in [2.75, 3.05) is 7.05 Å². The number of fused-ring (bicyclic) bond motifs is 1. The van der Waals surface area contributed by atoms with Crippen molar-refractivity contribution in [2.45, 2.75) is 64.3 Å². The Hall–Kier alpha value is -1.58. The molecule has 1 saturated carbocycles. The van der Waals surface area contributed by atoms with Gasteiger partial charge in [0.2, 0.25) is 0 Å². The number of amides is 1. The lowest BCUT2D eigenvalue weighted by molar-refractivity contribution is 0.0690. The number of H-pyrrole nitrogens is 1. The molecular weight excluding hydrogens is 264 g/mol. The fourth-order valence-electron chi connectivity index (χ4n) is 3.80. The van der Waals surface area contributed by atoms with Gasteiger partial charge in [0.25, 0.3) is 5.91 Å². The van der Waals surface area contributed by atoms with Gasteiger partial charge in [-0.3, -0.25) is 9.59 Å². The minimum absolute atomic E-state index is 0.0431. The summed E-state index contributed by atoms with van der Waals surface area (Å²) in [6.45, 7) is 1.90. The number of aryl methyl sites for hydroxylation is 1. The van der Waals surface area contributed by atoms with Gasteiger partial charge in [-0.2, -0.15) is 0 Å². The molecule has 0 atom stereocenters. The first-order chi connectivity index (χ1) is 10.1. The van der Waals surface area contributed by atoms with Gasteiger partial charge in [-0.05, 0) is 38.2 Å². The van der Waals surface area contributed by atoms with Gasteiger partial charge in [-0.15, -0.1) is 0 Å². The van der Waals surface area contributed by atoms with E-state index in [9.17, 15) is 9.59 Å². The number of carbonyl (C=O) groups is 2. The summed E-state index contributed by atoms with van der Waals surface area (Å²) < 4.78 is 0. The summed E-state index contributed by atoms with van der Waals surface area (Å²) in [5, 5.41) is 0. The second kappa shape index (κ2) is 5.66. The van der Waals surface area contributed by atoms with Crippen LogP contribution in [-0.2, 0) is 6.42 Å². The zero-order valence-electron chi connectivity index (χ0n) is 13.0. The van der Waals surface area contributed by atoms with Crippen LogP contribution in [0.1, 0.15) is 77.0 Å². The van der Waals surface area contributed by atoms with E-state index in [0.29, 0.717) is 18.2 Å². The van der Waals surface area contributed by atoms with Gasteiger partial charge in [0.1, 0.15) is 5.69 Å². The SMILES string of the molecule is Cc1c(C(=O)N(C)C2CCCCC2)[nH]c2c1C(=O)CCC2. The highest BCUT2D eigenvalue weighted by Gasteiger charge is 2.29. The molecule has 1 aromatic heterocycles. The van der Waals surface area contributed by atoms with Crippen molar-refractivity contribution < 1.29 is 9.59 Å². The van der Waals surface area contributed by atoms with Gasteiger partial charge in [-0.25, -0.2) is 0 Å². The van der Waals surface area contributed by atoms with E-state index in [0.717, 1.165) is 42.5 Å². The fraction of sp³-hybridized carbons (Fsp3) is 0.647. The standard InChI is InChI=1S/C17H24N2O2/c1-11-15-13(9-6-10-14(15)20)18-16(11)17(21)19(2)12-7-4-3-5-8-12/h12,18H,3-10H2,1-2H3. The molecule has 4 nitrogen and oxygen atoms in total. The minimum Gasteiger partial charge on any atom is -0.354 e. The predicted octanol–water partition coefficient (Wildman–Crippen LogP) is 3.25. The third kappa shape index (κ3) is 2.52. The first-order valence-corrected chi connectivity index (χ1v) is 8.11. The monoisotopic (exact) mass is 288 g/mol. The van der Waals surface area contributed by atoms with Crippen molar-refractivity contribution >= 4 is 11.7 Å². The van der Waals surface area contributed by atoms with Crippen molar-refractivity contribution in [1.29, 1.82) is 0 Å². The van der Waals surface area contributed by atoms with Crippen LogP contribution in [-0.4, -0.2) is 34.7 Å². The van der Waals surface area contributed by atoms with E-state index in [-0.39, 0.29) is 11.7 Å². The quantitative estimate of drug-likeness (QED) is 0.908. The molecule has 1 fully saturated rings. The molecule has 114 valence electrons. The van der Waals surface area contributed by atoms with Crippen LogP contribution in [0.4, 0.5) is 0 Å². The zero-order valence-corrected chi connectivity index (χ0v) is 13.0. The van der Waals surface area contributed by atoms with Gasteiger partial charge in [0, 0.05) is 30.8 Å². The van der Waals surface area contributed by atoms with Crippen LogP contribution in [0.15, 0.2) is 0 Å². The van der Waals surface area contributed by atoms with E-state index in [1.54, 1.807) is 0 Å². The van der Waals surface area contributed by atoms with Crippen LogP contribution in [0, 0.1) is 6.92 Å². The Bertz CT molecular complexity index is 568. The molecule has 21 heavy (non-hydrogen) atoms. The molecule has 1 heterocycles. The molecule has 0 spiro atoms. The Labute approximate surface area is 125 Å². The van der Waals surface area contributed by atoms with Gasteiger partial charge in [0.15, 0.2) is 5.78 Å². The lowest BCUT2D eigenvalue weighted by Gasteiger charge is -2.31. The Morgan fingerprint density at radius 3 is 2.52 bits per heavy atom. The lowest BCUT2D eigenvalue weighted by Crippen LogP contribution is -2.38. The molecule has 4 heteroatoms. The Morgan fingerprint density at radius 1 is 1.14 bits per heavy atom. The summed E-state index contributed by atoms with van der Waals surface area (Å²) >= 11 is 0. The number of nitrogens with one attached hydrogen (secondary N) is 1. The van der Waals surface area contributed by atoms with E-state index in [4.69, 9.17) is 0 Å². The van der Waals surface area contributed by atoms with E-state index in [1.165, 1.54) is 19.3 Å². The van der Waals surface area contributed by atoms with Gasteiger partial charge >= 0.3 is 0 Å². The highest BCUT2D eigenvalue weighted by atomic mass is 16.2. The maximum Gasteiger partial charge on any atom is 0.270 e. The van der Waals surface area contributed by atoms with E-state index in [2.05, 4.69) is 4.98 Å². The van der Waals surface area contributed by atoms with Crippen LogP contribution in [0.25, 0.3) is 0 Å². The minimum atomic E-state index is 0.0431. The number of nitrogens with zero attached hydrogens (tertiary/aromatic N) is 1. The Kier molecular flexibility index (Phi) is 3.87. The molecule has 2 aliphatic carbocycles. The third-order valence-corrected chi connectivity index (χ3v) is 5.09. The topological polar surface area (TPSA) is 53.2 Å². The Morgan fingerprint density at radius 2 is 1.86 bits per heavy atom. The summed E-state index contributed by atoms with van der Waals surface area (Å²) in [6, 6.07) is 0.349. The van der Waals surface area contributed by atoms with Gasteiger partial charge < -0.3 is 9.88 Å². The largest absolute Gasteiger partial charge is 0.354 e. The molecular formula is C17H24N2O2. The first kappa shape index (κ1) is 14.4. The highest BCUT2D eigenvalue weighted by molar-refractivity contribution is 6.04. The molecule has 1 N–H and O–H groups in total. The summed E-state index contributed by atoms with van der Waals surface area (Å²) in [6.07, 6.45) is 8.27. The second-order valence-electron chi connectivity index (χ2n) is 6.46. The molecule has 0 unspecified atom stereocenters. The van der Waals surface area contributed by atoms with Crippen LogP contribution >= 0.6 is 0 Å². The van der Waals surface area contributed by atoms with Crippen molar-refractivity contribution in [3.05, 3.63) is 22.5 Å². The van der Waals surface area contributed by atoms with E-state index in [1.807, 2.05) is 18.9 Å². The summed E-state index contributed by atoms with van der Waals surface area (Å²) in [7, 11) is 1.90. The zero-order chi connectivity index (χ0) is 15.0. The number of carbonyl (C=O) groups excluding carboxylic acids is 2. The lowest BCUT2D eigenvalue weighted by atomic mass is 9.93.